The number of rotatable bonds is 6. The van der Waals surface area contributed by atoms with Crippen LogP contribution in [0.5, 0.6) is 5.75 Å². The van der Waals surface area contributed by atoms with Crippen molar-refractivity contribution < 1.29 is 9.66 Å². The van der Waals surface area contributed by atoms with E-state index in [-0.39, 0.29) is 5.69 Å². The summed E-state index contributed by atoms with van der Waals surface area (Å²) >= 11 is 5.87. The van der Waals surface area contributed by atoms with Gasteiger partial charge in [-0.15, -0.1) is 0 Å². The molecule has 0 amide bonds. The van der Waals surface area contributed by atoms with E-state index in [2.05, 4.69) is 5.32 Å². The molecular formula is C15H15ClN2O3. The van der Waals surface area contributed by atoms with E-state index in [0.29, 0.717) is 17.3 Å². The van der Waals surface area contributed by atoms with Crippen LogP contribution in [0.1, 0.15) is 5.56 Å². The fourth-order valence-electron chi connectivity index (χ4n) is 1.94. The molecule has 0 atom stereocenters. The predicted octanol–water partition coefficient (Wildman–Crippen LogP) is 3.91. The third kappa shape index (κ3) is 4.10. The van der Waals surface area contributed by atoms with Gasteiger partial charge in [0.1, 0.15) is 11.4 Å². The predicted molar refractivity (Wildman–Crippen MR) is 83.3 cm³/mol. The standard InChI is InChI=1S/C15H15ClN2O3/c1-21-13-5-2-11(3-6-13)8-9-17-14-10-12(16)4-7-15(14)18(19)20/h2-7,10,17H,8-9H2,1H3. The number of hydrogen-bond acceptors (Lipinski definition) is 4. The van der Waals surface area contributed by atoms with Crippen LogP contribution in [0.2, 0.25) is 5.02 Å². The lowest BCUT2D eigenvalue weighted by Gasteiger charge is -2.08. The minimum absolute atomic E-state index is 0.0223. The molecule has 21 heavy (non-hydrogen) atoms. The average molecular weight is 307 g/mol. The van der Waals surface area contributed by atoms with Crippen LogP contribution in [-0.2, 0) is 6.42 Å². The van der Waals surface area contributed by atoms with E-state index < -0.39 is 4.92 Å². The maximum absolute atomic E-state index is 10.9. The molecule has 2 rings (SSSR count). The van der Waals surface area contributed by atoms with Gasteiger partial charge in [0.15, 0.2) is 0 Å². The molecule has 110 valence electrons. The number of hydrogen-bond donors (Lipinski definition) is 1. The maximum Gasteiger partial charge on any atom is 0.292 e. The molecule has 0 saturated heterocycles. The molecule has 1 N–H and O–H groups in total. The van der Waals surface area contributed by atoms with Crippen LogP contribution in [0.3, 0.4) is 0 Å². The molecule has 0 unspecified atom stereocenters. The fourth-order valence-corrected chi connectivity index (χ4v) is 2.11. The second kappa shape index (κ2) is 6.95. The number of halogens is 1. The highest BCUT2D eigenvalue weighted by Crippen LogP contribution is 2.27. The maximum atomic E-state index is 10.9. The molecule has 0 aliphatic carbocycles. The van der Waals surface area contributed by atoms with Crippen molar-refractivity contribution >= 4 is 23.0 Å². The monoisotopic (exact) mass is 306 g/mol. The van der Waals surface area contributed by atoms with Gasteiger partial charge in [-0.05, 0) is 36.2 Å². The van der Waals surface area contributed by atoms with Crippen LogP contribution >= 0.6 is 11.6 Å². The summed E-state index contributed by atoms with van der Waals surface area (Å²) in [6.45, 7) is 0.577. The smallest absolute Gasteiger partial charge is 0.292 e. The van der Waals surface area contributed by atoms with Crippen molar-refractivity contribution in [1.82, 2.24) is 0 Å². The lowest BCUT2D eigenvalue weighted by Crippen LogP contribution is -2.06. The van der Waals surface area contributed by atoms with Crippen LogP contribution in [-0.4, -0.2) is 18.6 Å². The van der Waals surface area contributed by atoms with Crippen LogP contribution in [0.25, 0.3) is 0 Å². The minimum Gasteiger partial charge on any atom is -0.497 e. The lowest BCUT2D eigenvalue weighted by atomic mass is 10.1. The molecule has 0 fully saturated rings. The number of nitro benzene ring substituents is 1. The van der Waals surface area contributed by atoms with Gasteiger partial charge in [0.2, 0.25) is 0 Å². The van der Waals surface area contributed by atoms with E-state index in [9.17, 15) is 10.1 Å². The first-order chi connectivity index (χ1) is 10.1. The van der Waals surface area contributed by atoms with Crippen molar-refractivity contribution in [2.24, 2.45) is 0 Å². The Morgan fingerprint density at radius 1 is 1.24 bits per heavy atom. The number of benzene rings is 2. The number of nitrogens with one attached hydrogen (secondary N) is 1. The summed E-state index contributed by atoms with van der Waals surface area (Å²) in [6.07, 6.45) is 0.744. The van der Waals surface area contributed by atoms with Gasteiger partial charge in [0.05, 0.1) is 12.0 Å². The fraction of sp³-hybridized carbons (Fsp3) is 0.200. The summed E-state index contributed by atoms with van der Waals surface area (Å²) in [6, 6.07) is 12.2. The Kier molecular flexibility index (Phi) is 5.00. The van der Waals surface area contributed by atoms with Crippen molar-refractivity contribution in [1.29, 1.82) is 0 Å². The van der Waals surface area contributed by atoms with Gasteiger partial charge in [0.25, 0.3) is 5.69 Å². The topological polar surface area (TPSA) is 64.4 Å². The summed E-state index contributed by atoms with van der Waals surface area (Å²) < 4.78 is 5.09. The van der Waals surface area contributed by atoms with Crippen molar-refractivity contribution in [2.75, 3.05) is 19.0 Å². The van der Waals surface area contributed by atoms with Gasteiger partial charge >= 0.3 is 0 Å². The molecule has 0 spiro atoms. The van der Waals surface area contributed by atoms with E-state index in [4.69, 9.17) is 16.3 Å². The Hall–Kier alpha value is -2.27. The third-order valence-corrected chi connectivity index (χ3v) is 3.28. The van der Waals surface area contributed by atoms with Crippen LogP contribution in [0, 0.1) is 10.1 Å². The Bertz CT molecular complexity index is 629. The first kappa shape index (κ1) is 15.1. The molecule has 0 saturated carbocycles. The van der Waals surface area contributed by atoms with Crippen molar-refractivity contribution in [2.45, 2.75) is 6.42 Å². The SMILES string of the molecule is COc1ccc(CCNc2cc(Cl)ccc2[N+](=O)[O-])cc1. The normalized spacial score (nSPS) is 10.2. The van der Waals surface area contributed by atoms with Gasteiger partial charge < -0.3 is 10.1 Å². The Morgan fingerprint density at radius 2 is 1.95 bits per heavy atom. The van der Waals surface area contributed by atoms with E-state index in [1.165, 1.54) is 12.1 Å². The molecule has 0 aliphatic heterocycles. The van der Waals surface area contributed by atoms with Crippen molar-refractivity contribution in [3.05, 3.63) is 63.2 Å². The van der Waals surface area contributed by atoms with E-state index in [0.717, 1.165) is 17.7 Å². The number of nitro groups is 1. The summed E-state index contributed by atoms with van der Waals surface area (Å²) in [4.78, 5) is 10.5. The zero-order chi connectivity index (χ0) is 15.2. The molecule has 0 aromatic heterocycles. The number of anilines is 1. The summed E-state index contributed by atoms with van der Waals surface area (Å²) in [5, 5.41) is 14.5. The molecule has 2 aromatic rings. The Morgan fingerprint density at radius 3 is 2.57 bits per heavy atom. The first-order valence-corrected chi connectivity index (χ1v) is 6.78. The van der Waals surface area contributed by atoms with E-state index in [1.807, 2.05) is 24.3 Å². The Labute approximate surface area is 127 Å². The number of nitrogens with zero attached hydrogens (tertiary/aromatic N) is 1. The first-order valence-electron chi connectivity index (χ1n) is 6.41. The Balaban J connectivity index is 1.99. The van der Waals surface area contributed by atoms with E-state index in [1.54, 1.807) is 13.2 Å². The highest BCUT2D eigenvalue weighted by atomic mass is 35.5. The molecular weight excluding hydrogens is 292 g/mol. The molecule has 0 aliphatic rings. The molecule has 0 bridgehead atoms. The summed E-state index contributed by atoms with van der Waals surface area (Å²) in [5.74, 6) is 0.803. The largest absolute Gasteiger partial charge is 0.497 e. The van der Waals surface area contributed by atoms with E-state index >= 15 is 0 Å². The molecule has 0 radical (unpaired) electrons. The highest BCUT2D eigenvalue weighted by molar-refractivity contribution is 6.31. The van der Waals surface area contributed by atoms with Gasteiger partial charge in [-0.25, -0.2) is 0 Å². The lowest BCUT2D eigenvalue weighted by molar-refractivity contribution is -0.384. The van der Waals surface area contributed by atoms with Crippen LogP contribution in [0.4, 0.5) is 11.4 Å². The molecule has 5 nitrogen and oxygen atoms in total. The van der Waals surface area contributed by atoms with Gasteiger partial charge in [-0.1, -0.05) is 23.7 Å². The zero-order valence-electron chi connectivity index (χ0n) is 11.5. The molecule has 2 aromatic carbocycles. The average Bonchev–Trinajstić information content (AvgIpc) is 2.48. The van der Waals surface area contributed by atoms with Gasteiger partial charge in [-0.3, -0.25) is 10.1 Å². The van der Waals surface area contributed by atoms with Crippen LogP contribution in [0.15, 0.2) is 42.5 Å². The van der Waals surface area contributed by atoms with Crippen LogP contribution < -0.4 is 10.1 Å². The molecule has 0 heterocycles. The van der Waals surface area contributed by atoms with Gasteiger partial charge in [0, 0.05) is 17.6 Å². The van der Waals surface area contributed by atoms with Crippen molar-refractivity contribution in [3.8, 4) is 5.75 Å². The third-order valence-electron chi connectivity index (χ3n) is 3.04. The zero-order valence-corrected chi connectivity index (χ0v) is 12.3. The number of methoxy groups -OCH3 is 1. The minimum atomic E-state index is -0.425. The van der Waals surface area contributed by atoms with Crippen molar-refractivity contribution in [3.63, 3.8) is 0 Å². The quantitative estimate of drug-likeness (QED) is 0.649. The number of ether oxygens (including phenoxy) is 1. The molecule has 6 heteroatoms. The second-order valence-electron chi connectivity index (χ2n) is 4.44. The van der Waals surface area contributed by atoms with Gasteiger partial charge in [-0.2, -0.15) is 0 Å². The summed E-state index contributed by atoms with van der Waals surface area (Å²) in [7, 11) is 1.62. The second-order valence-corrected chi connectivity index (χ2v) is 4.88. The highest BCUT2D eigenvalue weighted by Gasteiger charge is 2.13. The summed E-state index contributed by atoms with van der Waals surface area (Å²) in [5.41, 5.74) is 1.57.